The van der Waals surface area contributed by atoms with Crippen molar-refractivity contribution in [2.24, 2.45) is 0 Å². The van der Waals surface area contributed by atoms with Crippen molar-refractivity contribution in [1.82, 2.24) is 14.9 Å². The Balaban J connectivity index is 1.84. The van der Waals surface area contributed by atoms with Crippen molar-refractivity contribution < 1.29 is 0 Å². The maximum Gasteiger partial charge on any atom is 0.0952 e. The number of nitrogens with one attached hydrogen (secondary N) is 1. The van der Waals surface area contributed by atoms with Crippen molar-refractivity contribution in [3.8, 4) is 0 Å². The molecule has 0 saturated heterocycles. The summed E-state index contributed by atoms with van der Waals surface area (Å²) in [5.41, 5.74) is 1.16. The fourth-order valence-corrected chi connectivity index (χ4v) is 3.23. The van der Waals surface area contributed by atoms with Gasteiger partial charge in [-0.15, -0.1) is 11.3 Å². The Morgan fingerprint density at radius 2 is 2.33 bits per heavy atom. The molecule has 0 saturated carbocycles. The Kier molecular flexibility index (Phi) is 5.41. The zero-order valence-electron chi connectivity index (χ0n) is 10.5. The van der Waals surface area contributed by atoms with Crippen LogP contribution in [0.1, 0.15) is 23.9 Å². The summed E-state index contributed by atoms with van der Waals surface area (Å²) >= 11 is 5.33. The van der Waals surface area contributed by atoms with Crippen LogP contribution >= 0.6 is 27.3 Å². The summed E-state index contributed by atoms with van der Waals surface area (Å²) in [5, 5.41) is 5.50. The van der Waals surface area contributed by atoms with Crippen LogP contribution < -0.4 is 5.32 Å². The second kappa shape index (κ2) is 7.07. The molecule has 0 aliphatic rings. The molecular formula is C13H18BrN3S. The highest BCUT2D eigenvalue weighted by Crippen LogP contribution is 2.23. The molecule has 2 aromatic rings. The van der Waals surface area contributed by atoms with Crippen LogP contribution in [0.15, 0.2) is 28.4 Å². The Labute approximate surface area is 120 Å². The van der Waals surface area contributed by atoms with Crippen molar-refractivity contribution >= 4 is 27.3 Å². The second-order valence-corrected chi connectivity index (χ2v) is 6.08. The lowest BCUT2D eigenvalue weighted by Gasteiger charge is -2.01. The molecule has 18 heavy (non-hydrogen) atoms. The highest BCUT2D eigenvalue weighted by Gasteiger charge is 2.03. The summed E-state index contributed by atoms with van der Waals surface area (Å²) in [6, 6.07) is 2.09. The summed E-state index contributed by atoms with van der Waals surface area (Å²) in [4.78, 5) is 5.77. The molecule has 0 aliphatic carbocycles. The Bertz CT molecular complexity index is 478. The Morgan fingerprint density at radius 1 is 1.44 bits per heavy atom. The summed E-state index contributed by atoms with van der Waals surface area (Å²) < 4.78 is 3.33. The smallest absolute Gasteiger partial charge is 0.0952 e. The van der Waals surface area contributed by atoms with E-state index in [4.69, 9.17) is 0 Å². The summed E-state index contributed by atoms with van der Waals surface area (Å²) in [6.45, 7) is 5.17. The van der Waals surface area contributed by atoms with E-state index >= 15 is 0 Å². The SMILES string of the molecule is CCCNCCc1cn(Cc2sccc2Br)cn1. The number of nitrogens with zero attached hydrogens (tertiary/aromatic N) is 2. The van der Waals surface area contributed by atoms with Crippen LogP contribution in [0.2, 0.25) is 0 Å². The van der Waals surface area contributed by atoms with Gasteiger partial charge in [-0.3, -0.25) is 0 Å². The van der Waals surface area contributed by atoms with Gasteiger partial charge in [-0.05, 0) is 40.3 Å². The van der Waals surface area contributed by atoms with Crippen LogP contribution in [-0.2, 0) is 13.0 Å². The quantitative estimate of drug-likeness (QED) is 0.791. The molecule has 2 heterocycles. The van der Waals surface area contributed by atoms with Crippen molar-refractivity contribution in [2.75, 3.05) is 13.1 Å². The lowest BCUT2D eigenvalue weighted by molar-refractivity contribution is 0.666. The van der Waals surface area contributed by atoms with Gasteiger partial charge in [0.15, 0.2) is 0 Å². The van der Waals surface area contributed by atoms with E-state index in [1.54, 1.807) is 11.3 Å². The third kappa shape index (κ3) is 3.93. The molecule has 0 radical (unpaired) electrons. The normalized spacial score (nSPS) is 11.0. The summed E-state index contributed by atoms with van der Waals surface area (Å²) in [6.07, 6.45) is 6.24. The molecule has 0 aromatic carbocycles. The predicted molar refractivity (Wildman–Crippen MR) is 80.2 cm³/mol. The van der Waals surface area contributed by atoms with Gasteiger partial charge in [-0.1, -0.05) is 6.92 Å². The summed E-state index contributed by atoms with van der Waals surface area (Å²) in [5.74, 6) is 0. The maximum absolute atomic E-state index is 4.44. The van der Waals surface area contributed by atoms with E-state index in [1.165, 1.54) is 15.8 Å². The molecular weight excluding hydrogens is 310 g/mol. The number of thiophene rings is 1. The van der Waals surface area contributed by atoms with E-state index in [1.807, 2.05) is 6.33 Å². The molecule has 0 fully saturated rings. The van der Waals surface area contributed by atoms with E-state index in [9.17, 15) is 0 Å². The first-order valence-electron chi connectivity index (χ1n) is 6.23. The maximum atomic E-state index is 4.44. The number of rotatable bonds is 7. The highest BCUT2D eigenvalue weighted by molar-refractivity contribution is 9.10. The number of halogens is 1. The zero-order valence-corrected chi connectivity index (χ0v) is 12.9. The molecule has 98 valence electrons. The molecule has 5 heteroatoms. The highest BCUT2D eigenvalue weighted by atomic mass is 79.9. The molecule has 2 rings (SSSR count). The van der Waals surface area contributed by atoms with E-state index in [0.29, 0.717) is 0 Å². The molecule has 0 bridgehead atoms. The lowest BCUT2D eigenvalue weighted by Crippen LogP contribution is -2.17. The van der Waals surface area contributed by atoms with Gasteiger partial charge in [0.05, 0.1) is 18.6 Å². The first kappa shape index (κ1) is 13.8. The molecule has 0 unspecified atom stereocenters. The van der Waals surface area contributed by atoms with Crippen molar-refractivity contribution in [3.05, 3.63) is 39.0 Å². The third-order valence-corrected chi connectivity index (χ3v) is 4.60. The van der Waals surface area contributed by atoms with Gasteiger partial charge >= 0.3 is 0 Å². The van der Waals surface area contributed by atoms with Crippen LogP contribution in [-0.4, -0.2) is 22.6 Å². The van der Waals surface area contributed by atoms with Crippen molar-refractivity contribution in [2.45, 2.75) is 26.3 Å². The van der Waals surface area contributed by atoms with Crippen LogP contribution in [0.5, 0.6) is 0 Å². The summed E-state index contributed by atoms with van der Waals surface area (Å²) in [7, 11) is 0. The average Bonchev–Trinajstić information content (AvgIpc) is 2.96. The fourth-order valence-electron chi connectivity index (χ4n) is 1.74. The minimum atomic E-state index is 0.896. The van der Waals surface area contributed by atoms with Gasteiger partial charge in [0.2, 0.25) is 0 Å². The van der Waals surface area contributed by atoms with Crippen LogP contribution in [0.4, 0.5) is 0 Å². The van der Waals surface area contributed by atoms with E-state index in [2.05, 4.69) is 55.4 Å². The standard InChI is InChI=1S/C13H18BrN3S/c1-2-5-15-6-3-11-8-17(10-16-11)9-13-12(14)4-7-18-13/h4,7-8,10,15H,2-3,5-6,9H2,1H3. The molecule has 0 aliphatic heterocycles. The molecule has 1 N–H and O–H groups in total. The van der Waals surface area contributed by atoms with E-state index in [-0.39, 0.29) is 0 Å². The predicted octanol–water partition coefficient (Wildman–Crippen LogP) is 3.30. The molecule has 0 atom stereocenters. The van der Waals surface area contributed by atoms with Gasteiger partial charge in [0.1, 0.15) is 0 Å². The van der Waals surface area contributed by atoms with Gasteiger partial charge in [-0.25, -0.2) is 4.98 Å². The number of aromatic nitrogens is 2. The number of imidazole rings is 1. The monoisotopic (exact) mass is 327 g/mol. The fraction of sp³-hybridized carbons (Fsp3) is 0.462. The lowest BCUT2D eigenvalue weighted by atomic mass is 10.3. The van der Waals surface area contributed by atoms with Gasteiger partial charge in [0.25, 0.3) is 0 Å². The zero-order chi connectivity index (χ0) is 12.8. The van der Waals surface area contributed by atoms with Crippen LogP contribution in [0.25, 0.3) is 0 Å². The third-order valence-electron chi connectivity index (χ3n) is 2.69. The topological polar surface area (TPSA) is 29.9 Å². The first-order valence-corrected chi connectivity index (χ1v) is 7.90. The van der Waals surface area contributed by atoms with E-state index < -0.39 is 0 Å². The first-order chi connectivity index (χ1) is 8.79. The molecule has 0 amide bonds. The van der Waals surface area contributed by atoms with Gasteiger partial charge < -0.3 is 9.88 Å². The molecule has 2 aromatic heterocycles. The van der Waals surface area contributed by atoms with Crippen molar-refractivity contribution in [3.63, 3.8) is 0 Å². The van der Waals surface area contributed by atoms with Gasteiger partial charge in [-0.2, -0.15) is 0 Å². The second-order valence-electron chi connectivity index (χ2n) is 4.23. The Hall–Kier alpha value is -0.650. The number of hydrogen-bond acceptors (Lipinski definition) is 3. The van der Waals surface area contributed by atoms with Gasteiger partial charge in [0, 0.05) is 28.5 Å². The van der Waals surface area contributed by atoms with Crippen LogP contribution in [0.3, 0.4) is 0 Å². The Morgan fingerprint density at radius 3 is 3.06 bits per heavy atom. The minimum absolute atomic E-state index is 0.896. The largest absolute Gasteiger partial charge is 0.332 e. The van der Waals surface area contributed by atoms with E-state index in [0.717, 1.165) is 31.7 Å². The molecule has 0 spiro atoms. The number of hydrogen-bond donors (Lipinski definition) is 1. The van der Waals surface area contributed by atoms with Crippen LogP contribution in [0, 0.1) is 0 Å². The minimum Gasteiger partial charge on any atom is -0.332 e. The molecule has 3 nitrogen and oxygen atoms in total. The average molecular weight is 328 g/mol. The van der Waals surface area contributed by atoms with Crippen molar-refractivity contribution in [1.29, 1.82) is 0 Å².